The van der Waals surface area contributed by atoms with Gasteiger partial charge in [0.1, 0.15) is 0 Å². The first-order valence-corrected chi connectivity index (χ1v) is 7.24. The number of hydrogen-bond donors (Lipinski definition) is 1. The van der Waals surface area contributed by atoms with Crippen molar-refractivity contribution in [3.63, 3.8) is 0 Å². The zero-order valence-corrected chi connectivity index (χ0v) is 12.7. The highest BCUT2D eigenvalue weighted by atomic mass is 79.9. The zero-order valence-electron chi connectivity index (χ0n) is 11.1. The molecule has 0 fully saturated rings. The molecule has 1 aliphatic heterocycles. The standard InChI is InChI=1S/C15H15BrN2O2/c1-10(11-2-4-17-5-3-11)18-8-12-6-14-15(7-13(12)16)20-9-19-14/h2-7,10,18H,8-9H2,1H3/t10-/m1/s1. The first-order chi connectivity index (χ1) is 9.74. The lowest BCUT2D eigenvalue weighted by molar-refractivity contribution is 0.174. The highest BCUT2D eigenvalue weighted by Gasteiger charge is 2.16. The molecule has 2 aromatic rings. The molecule has 3 rings (SSSR count). The van der Waals surface area contributed by atoms with Gasteiger partial charge in [-0.1, -0.05) is 15.9 Å². The van der Waals surface area contributed by atoms with E-state index in [0.29, 0.717) is 6.79 Å². The molecule has 4 nitrogen and oxygen atoms in total. The SMILES string of the molecule is C[C@@H](NCc1cc2c(cc1Br)OCO2)c1ccncc1. The van der Waals surface area contributed by atoms with Gasteiger partial charge in [-0.05, 0) is 42.3 Å². The molecule has 1 N–H and O–H groups in total. The second-order valence-electron chi connectivity index (χ2n) is 4.68. The average Bonchev–Trinajstić information content (AvgIpc) is 2.92. The number of pyridine rings is 1. The van der Waals surface area contributed by atoms with Crippen molar-refractivity contribution in [1.29, 1.82) is 0 Å². The molecule has 0 amide bonds. The Labute approximate surface area is 126 Å². The molecule has 0 unspecified atom stereocenters. The molecule has 104 valence electrons. The lowest BCUT2D eigenvalue weighted by Crippen LogP contribution is -2.18. The number of nitrogens with zero attached hydrogens (tertiary/aromatic N) is 1. The molecule has 0 saturated heterocycles. The summed E-state index contributed by atoms with van der Waals surface area (Å²) in [7, 11) is 0. The maximum atomic E-state index is 5.41. The summed E-state index contributed by atoms with van der Waals surface area (Å²) in [5, 5.41) is 3.49. The van der Waals surface area contributed by atoms with Crippen molar-refractivity contribution in [3.05, 3.63) is 52.3 Å². The molecule has 1 aromatic carbocycles. The van der Waals surface area contributed by atoms with E-state index in [4.69, 9.17) is 9.47 Å². The van der Waals surface area contributed by atoms with Gasteiger partial charge in [-0.15, -0.1) is 0 Å². The first-order valence-electron chi connectivity index (χ1n) is 6.45. The molecule has 1 aromatic heterocycles. The molecule has 1 atom stereocenters. The number of ether oxygens (including phenoxy) is 2. The fourth-order valence-electron chi connectivity index (χ4n) is 2.13. The van der Waals surface area contributed by atoms with E-state index in [1.165, 1.54) is 5.56 Å². The van der Waals surface area contributed by atoms with E-state index in [-0.39, 0.29) is 6.04 Å². The molecule has 5 heteroatoms. The third kappa shape index (κ3) is 2.78. The highest BCUT2D eigenvalue weighted by Crippen LogP contribution is 2.37. The van der Waals surface area contributed by atoms with E-state index in [0.717, 1.165) is 28.1 Å². The number of fused-ring (bicyclic) bond motifs is 1. The quantitative estimate of drug-likeness (QED) is 0.930. The number of aromatic nitrogens is 1. The van der Waals surface area contributed by atoms with Gasteiger partial charge in [-0.3, -0.25) is 4.98 Å². The van der Waals surface area contributed by atoms with Crippen LogP contribution in [0.2, 0.25) is 0 Å². The second kappa shape index (κ2) is 5.81. The highest BCUT2D eigenvalue weighted by molar-refractivity contribution is 9.10. The molecular formula is C15H15BrN2O2. The molecule has 0 bridgehead atoms. The third-order valence-electron chi connectivity index (χ3n) is 3.35. The Bertz CT molecular complexity index is 604. The van der Waals surface area contributed by atoms with Gasteiger partial charge in [-0.25, -0.2) is 0 Å². The summed E-state index contributed by atoms with van der Waals surface area (Å²) in [5.41, 5.74) is 2.37. The van der Waals surface area contributed by atoms with Crippen LogP contribution >= 0.6 is 15.9 Å². The summed E-state index contributed by atoms with van der Waals surface area (Å²) >= 11 is 3.57. The molecule has 0 spiro atoms. The van der Waals surface area contributed by atoms with Crippen molar-refractivity contribution in [2.45, 2.75) is 19.5 Å². The van der Waals surface area contributed by atoms with Gasteiger partial charge >= 0.3 is 0 Å². The predicted molar refractivity (Wildman–Crippen MR) is 79.8 cm³/mol. The molecule has 2 heterocycles. The van der Waals surface area contributed by atoms with Crippen LogP contribution in [-0.2, 0) is 6.54 Å². The molecule has 1 aliphatic rings. The third-order valence-corrected chi connectivity index (χ3v) is 4.08. The summed E-state index contributed by atoms with van der Waals surface area (Å²) in [5.74, 6) is 1.60. The fraction of sp³-hybridized carbons (Fsp3) is 0.267. The van der Waals surface area contributed by atoms with Gasteiger partial charge in [0.2, 0.25) is 6.79 Å². The van der Waals surface area contributed by atoms with Crippen LogP contribution in [0.15, 0.2) is 41.1 Å². The van der Waals surface area contributed by atoms with Gasteiger partial charge in [0.15, 0.2) is 11.5 Å². The zero-order chi connectivity index (χ0) is 13.9. The van der Waals surface area contributed by atoms with Crippen LogP contribution in [0.25, 0.3) is 0 Å². The normalized spacial score (nSPS) is 14.3. The summed E-state index contributed by atoms with van der Waals surface area (Å²) < 4.78 is 11.8. The number of hydrogen-bond acceptors (Lipinski definition) is 4. The number of rotatable bonds is 4. The Morgan fingerprint density at radius 1 is 1.25 bits per heavy atom. The van der Waals surface area contributed by atoms with Crippen molar-refractivity contribution in [2.75, 3.05) is 6.79 Å². The van der Waals surface area contributed by atoms with Crippen molar-refractivity contribution >= 4 is 15.9 Å². The van der Waals surface area contributed by atoms with E-state index in [9.17, 15) is 0 Å². The van der Waals surface area contributed by atoms with Gasteiger partial charge in [0, 0.05) is 29.5 Å². The van der Waals surface area contributed by atoms with Crippen LogP contribution in [0.5, 0.6) is 11.5 Å². The second-order valence-corrected chi connectivity index (χ2v) is 5.53. The lowest BCUT2D eigenvalue weighted by atomic mass is 10.1. The minimum atomic E-state index is 0.260. The molecule has 20 heavy (non-hydrogen) atoms. The first kappa shape index (κ1) is 13.4. The van der Waals surface area contributed by atoms with E-state index < -0.39 is 0 Å². The maximum absolute atomic E-state index is 5.41. The van der Waals surface area contributed by atoms with Crippen LogP contribution in [-0.4, -0.2) is 11.8 Å². The van der Waals surface area contributed by atoms with Crippen molar-refractivity contribution < 1.29 is 9.47 Å². The Kier molecular flexibility index (Phi) is 3.89. The maximum Gasteiger partial charge on any atom is 0.231 e. The van der Waals surface area contributed by atoms with Crippen LogP contribution in [0.3, 0.4) is 0 Å². The Balaban J connectivity index is 1.70. The summed E-state index contributed by atoms with van der Waals surface area (Å²) in [4.78, 5) is 4.03. The lowest BCUT2D eigenvalue weighted by Gasteiger charge is -2.15. The predicted octanol–water partition coefficient (Wildman–Crippen LogP) is 3.42. The Hall–Kier alpha value is -1.59. The van der Waals surface area contributed by atoms with E-state index in [2.05, 4.69) is 33.2 Å². The van der Waals surface area contributed by atoms with Gasteiger partial charge in [0.05, 0.1) is 0 Å². The molecular weight excluding hydrogens is 320 g/mol. The van der Waals surface area contributed by atoms with Crippen molar-refractivity contribution in [3.8, 4) is 11.5 Å². The summed E-state index contributed by atoms with van der Waals surface area (Å²) in [6.07, 6.45) is 3.62. The number of benzene rings is 1. The Morgan fingerprint density at radius 2 is 1.95 bits per heavy atom. The number of halogens is 1. The molecule has 0 saturated carbocycles. The van der Waals surface area contributed by atoms with Crippen LogP contribution in [0, 0.1) is 0 Å². The Morgan fingerprint density at radius 3 is 2.70 bits per heavy atom. The van der Waals surface area contributed by atoms with Gasteiger partial charge < -0.3 is 14.8 Å². The van der Waals surface area contributed by atoms with Crippen LogP contribution in [0.4, 0.5) is 0 Å². The van der Waals surface area contributed by atoms with Crippen molar-refractivity contribution in [2.24, 2.45) is 0 Å². The molecule has 0 aliphatic carbocycles. The van der Waals surface area contributed by atoms with E-state index >= 15 is 0 Å². The van der Waals surface area contributed by atoms with E-state index in [1.54, 1.807) is 0 Å². The van der Waals surface area contributed by atoms with Crippen LogP contribution in [0.1, 0.15) is 24.1 Å². The van der Waals surface area contributed by atoms with Gasteiger partial charge in [-0.2, -0.15) is 0 Å². The average molecular weight is 335 g/mol. The van der Waals surface area contributed by atoms with Gasteiger partial charge in [0.25, 0.3) is 0 Å². The summed E-state index contributed by atoms with van der Waals surface area (Å²) in [6, 6.07) is 8.27. The topological polar surface area (TPSA) is 43.4 Å². The van der Waals surface area contributed by atoms with Crippen LogP contribution < -0.4 is 14.8 Å². The smallest absolute Gasteiger partial charge is 0.231 e. The monoisotopic (exact) mass is 334 g/mol. The fourth-order valence-corrected chi connectivity index (χ4v) is 2.59. The van der Waals surface area contributed by atoms with E-state index in [1.807, 2.05) is 36.7 Å². The summed E-state index contributed by atoms with van der Waals surface area (Å²) in [6.45, 7) is 3.18. The largest absolute Gasteiger partial charge is 0.454 e. The number of nitrogens with one attached hydrogen (secondary N) is 1. The minimum Gasteiger partial charge on any atom is -0.454 e. The molecule has 0 radical (unpaired) electrons. The minimum absolute atomic E-state index is 0.260. The van der Waals surface area contributed by atoms with Crippen molar-refractivity contribution in [1.82, 2.24) is 10.3 Å².